The van der Waals surface area contributed by atoms with E-state index in [-0.39, 0.29) is 11.7 Å². The number of hydrogen-bond acceptors (Lipinski definition) is 1. The number of rotatable bonds is 4. The molecule has 1 amide bonds. The van der Waals surface area contributed by atoms with Crippen molar-refractivity contribution in [1.29, 1.82) is 0 Å². The quantitative estimate of drug-likeness (QED) is 0.719. The fourth-order valence-electron chi connectivity index (χ4n) is 3.18. The van der Waals surface area contributed by atoms with E-state index in [0.29, 0.717) is 5.92 Å². The molecule has 1 fully saturated rings. The molecule has 0 spiro atoms. The van der Waals surface area contributed by atoms with Crippen LogP contribution in [0.25, 0.3) is 11.1 Å². The predicted octanol–water partition coefficient (Wildman–Crippen LogP) is 4.96. The molecule has 0 bridgehead atoms. The Morgan fingerprint density at radius 1 is 1.08 bits per heavy atom. The van der Waals surface area contributed by atoms with Crippen molar-refractivity contribution in [2.24, 2.45) is 7.05 Å². The molecule has 0 saturated heterocycles. The standard InChI is InChI=1S/C21H19FN2O/c1-24-12-18(15-6-7-15)19(13-24)21(25)23-20-5-3-2-4-17(20)14-8-10-16(22)11-9-14/h2-5,8-13,15H,6-7H2,1H3,(H,23,25). The summed E-state index contributed by atoms with van der Waals surface area (Å²) in [5.74, 6) is 0.134. The molecule has 25 heavy (non-hydrogen) atoms. The number of aromatic nitrogens is 1. The zero-order valence-electron chi connectivity index (χ0n) is 14.0. The highest BCUT2D eigenvalue weighted by Crippen LogP contribution is 2.42. The van der Waals surface area contributed by atoms with E-state index in [1.54, 1.807) is 12.1 Å². The highest BCUT2D eigenvalue weighted by atomic mass is 19.1. The van der Waals surface area contributed by atoms with Gasteiger partial charge < -0.3 is 9.88 Å². The maximum Gasteiger partial charge on any atom is 0.257 e. The van der Waals surface area contributed by atoms with Crippen LogP contribution in [-0.4, -0.2) is 10.5 Å². The van der Waals surface area contributed by atoms with Gasteiger partial charge in [0.1, 0.15) is 5.82 Å². The number of halogens is 1. The Morgan fingerprint density at radius 2 is 1.80 bits per heavy atom. The van der Waals surface area contributed by atoms with E-state index in [0.717, 1.165) is 40.8 Å². The molecule has 1 aromatic heterocycles. The number of carbonyl (C=O) groups is 1. The second-order valence-corrected chi connectivity index (χ2v) is 6.57. The van der Waals surface area contributed by atoms with Gasteiger partial charge in [-0.3, -0.25) is 4.79 Å². The Labute approximate surface area is 146 Å². The normalized spacial score (nSPS) is 13.7. The Hall–Kier alpha value is -2.88. The van der Waals surface area contributed by atoms with Crippen molar-refractivity contribution in [1.82, 2.24) is 4.57 Å². The summed E-state index contributed by atoms with van der Waals surface area (Å²) in [5, 5.41) is 3.03. The minimum atomic E-state index is -0.274. The Bertz CT molecular complexity index is 923. The average molecular weight is 334 g/mol. The van der Waals surface area contributed by atoms with Gasteiger partial charge in [-0.15, -0.1) is 0 Å². The topological polar surface area (TPSA) is 34.0 Å². The van der Waals surface area contributed by atoms with Gasteiger partial charge in [0.2, 0.25) is 0 Å². The number of benzene rings is 2. The van der Waals surface area contributed by atoms with E-state index < -0.39 is 0 Å². The van der Waals surface area contributed by atoms with Crippen molar-refractivity contribution in [3.05, 3.63) is 77.9 Å². The van der Waals surface area contributed by atoms with Gasteiger partial charge >= 0.3 is 0 Å². The molecule has 1 aliphatic carbocycles. The van der Waals surface area contributed by atoms with Crippen LogP contribution in [0.15, 0.2) is 60.9 Å². The first-order valence-electron chi connectivity index (χ1n) is 8.44. The summed E-state index contributed by atoms with van der Waals surface area (Å²) in [7, 11) is 1.94. The maximum atomic E-state index is 13.2. The van der Waals surface area contributed by atoms with Crippen LogP contribution in [0.3, 0.4) is 0 Å². The van der Waals surface area contributed by atoms with Crippen molar-refractivity contribution in [2.75, 3.05) is 5.32 Å². The second-order valence-electron chi connectivity index (χ2n) is 6.57. The van der Waals surface area contributed by atoms with Gasteiger partial charge in [0, 0.05) is 30.7 Å². The van der Waals surface area contributed by atoms with E-state index in [1.807, 2.05) is 48.3 Å². The lowest BCUT2D eigenvalue weighted by atomic mass is 10.0. The smallest absolute Gasteiger partial charge is 0.257 e. The second kappa shape index (κ2) is 6.20. The Morgan fingerprint density at radius 3 is 2.52 bits per heavy atom. The molecule has 2 aromatic carbocycles. The summed E-state index contributed by atoms with van der Waals surface area (Å²) in [6.45, 7) is 0. The summed E-state index contributed by atoms with van der Waals surface area (Å²) in [6.07, 6.45) is 6.22. The minimum absolute atomic E-state index is 0.0999. The summed E-state index contributed by atoms with van der Waals surface area (Å²) in [6, 6.07) is 13.9. The van der Waals surface area contributed by atoms with Gasteiger partial charge in [0.05, 0.1) is 5.56 Å². The first kappa shape index (κ1) is 15.6. The van der Waals surface area contributed by atoms with Crippen molar-refractivity contribution >= 4 is 11.6 Å². The van der Waals surface area contributed by atoms with Crippen LogP contribution in [0, 0.1) is 5.82 Å². The van der Waals surface area contributed by atoms with E-state index in [4.69, 9.17) is 0 Å². The van der Waals surface area contributed by atoms with Gasteiger partial charge in [0.25, 0.3) is 5.91 Å². The lowest BCUT2D eigenvalue weighted by molar-refractivity contribution is 0.102. The number of nitrogens with one attached hydrogen (secondary N) is 1. The van der Waals surface area contributed by atoms with Crippen LogP contribution < -0.4 is 5.32 Å². The number of hydrogen-bond donors (Lipinski definition) is 1. The highest BCUT2D eigenvalue weighted by molar-refractivity contribution is 6.07. The first-order valence-corrected chi connectivity index (χ1v) is 8.44. The Balaban J connectivity index is 1.65. The first-order chi connectivity index (χ1) is 12.1. The molecular weight excluding hydrogens is 315 g/mol. The lowest BCUT2D eigenvalue weighted by Crippen LogP contribution is -2.13. The molecule has 0 unspecified atom stereocenters. The highest BCUT2D eigenvalue weighted by Gasteiger charge is 2.29. The number of amides is 1. The van der Waals surface area contributed by atoms with Crippen molar-refractivity contribution in [3.63, 3.8) is 0 Å². The number of anilines is 1. The molecule has 1 heterocycles. The molecule has 0 atom stereocenters. The predicted molar refractivity (Wildman–Crippen MR) is 97.2 cm³/mol. The summed E-state index contributed by atoms with van der Waals surface area (Å²) in [4.78, 5) is 12.8. The number of para-hydroxylation sites is 1. The molecule has 3 nitrogen and oxygen atoms in total. The third-order valence-electron chi connectivity index (χ3n) is 4.58. The zero-order valence-corrected chi connectivity index (χ0v) is 14.0. The summed E-state index contributed by atoms with van der Waals surface area (Å²) < 4.78 is 15.1. The molecule has 0 aliphatic heterocycles. The molecule has 1 aliphatic rings. The number of carbonyl (C=O) groups excluding carboxylic acids is 1. The molecular formula is C21H19FN2O. The summed E-state index contributed by atoms with van der Waals surface area (Å²) >= 11 is 0. The fourth-order valence-corrected chi connectivity index (χ4v) is 3.18. The largest absolute Gasteiger partial charge is 0.356 e. The van der Waals surface area contributed by atoms with Gasteiger partial charge in [-0.25, -0.2) is 4.39 Å². The SMILES string of the molecule is Cn1cc(C(=O)Nc2ccccc2-c2ccc(F)cc2)c(C2CC2)c1. The van der Waals surface area contributed by atoms with Crippen LogP contribution in [0.2, 0.25) is 0 Å². The van der Waals surface area contributed by atoms with Crippen LogP contribution in [-0.2, 0) is 7.05 Å². The van der Waals surface area contributed by atoms with Crippen LogP contribution in [0.4, 0.5) is 10.1 Å². The third-order valence-corrected chi connectivity index (χ3v) is 4.58. The van der Waals surface area contributed by atoms with Gasteiger partial charge in [-0.1, -0.05) is 30.3 Å². The zero-order chi connectivity index (χ0) is 17.4. The molecule has 1 N–H and O–H groups in total. The monoisotopic (exact) mass is 334 g/mol. The van der Waals surface area contributed by atoms with E-state index in [9.17, 15) is 9.18 Å². The number of nitrogens with zero attached hydrogens (tertiary/aromatic N) is 1. The number of aryl methyl sites for hydroxylation is 1. The minimum Gasteiger partial charge on any atom is -0.356 e. The van der Waals surface area contributed by atoms with Crippen molar-refractivity contribution in [2.45, 2.75) is 18.8 Å². The lowest BCUT2D eigenvalue weighted by Gasteiger charge is -2.11. The fraction of sp³-hybridized carbons (Fsp3) is 0.190. The maximum absolute atomic E-state index is 13.2. The molecule has 4 rings (SSSR count). The van der Waals surface area contributed by atoms with E-state index in [2.05, 4.69) is 5.32 Å². The Kier molecular flexibility index (Phi) is 3.88. The van der Waals surface area contributed by atoms with Gasteiger partial charge in [0.15, 0.2) is 0 Å². The van der Waals surface area contributed by atoms with E-state index >= 15 is 0 Å². The van der Waals surface area contributed by atoms with Gasteiger partial charge in [-0.05, 0) is 48.1 Å². The molecule has 3 aromatic rings. The van der Waals surface area contributed by atoms with E-state index in [1.165, 1.54) is 12.1 Å². The van der Waals surface area contributed by atoms with Crippen molar-refractivity contribution in [3.8, 4) is 11.1 Å². The molecule has 126 valence electrons. The third kappa shape index (κ3) is 3.20. The average Bonchev–Trinajstić information content (AvgIpc) is 3.38. The summed E-state index contributed by atoms with van der Waals surface area (Å²) in [5.41, 5.74) is 4.33. The van der Waals surface area contributed by atoms with Crippen LogP contribution >= 0.6 is 0 Å². The van der Waals surface area contributed by atoms with Crippen LogP contribution in [0.5, 0.6) is 0 Å². The van der Waals surface area contributed by atoms with Crippen LogP contribution in [0.1, 0.15) is 34.7 Å². The van der Waals surface area contributed by atoms with Crippen molar-refractivity contribution < 1.29 is 9.18 Å². The molecule has 1 saturated carbocycles. The molecule has 4 heteroatoms. The molecule has 0 radical (unpaired) electrons. The van der Waals surface area contributed by atoms with Gasteiger partial charge in [-0.2, -0.15) is 0 Å².